The fourth-order valence-corrected chi connectivity index (χ4v) is 1.63. The highest BCUT2D eigenvalue weighted by molar-refractivity contribution is 8.00. The molecule has 0 atom stereocenters. The molecule has 0 fully saturated rings. The number of hydrogen-bond donors (Lipinski definition) is 0. The summed E-state index contributed by atoms with van der Waals surface area (Å²) in [7, 11) is 0. The zero-order valence-electron chi connectivity index (χ0n) is 8.60. The highest BCUT2D eigenvalue weighted by Crippen LogP contribution is 2.36. The van der Waals surface area contributed by atoms with Gasteiger partial charge in [0.1, 0.15) is 0 Å². The standard InChI is InChI=1S/C10H6F6OS/c11-9(12,13)8(17)5-6-1-3-7(4-2-6)18-10(14,15)16/h1-4H,5H2. The molecule has 0 heterocycles. The van der Waals surface area contributed by atoms with Gasteiger partial charge in [0.2, 0.25) is 5.78 Å². The van der Waals surface area contributed by atoms with Crippen LogP contribution in [0, 0.1) is 0 Å². The van der Waals surface area contributed by atoms with Crippen LogP contribution in [0.2, 0.25) is 0 Å². The van der Waals surface area contributed by atoms with E-state index in [9.17, 15) is 31.1 Å². The van der Waals surface area contributed by atoms with Crippen molar-refractivity contribution in [2.24, 2.45) is 0 Å². The number of Topliss-reactive ketones (excluding diaryl/α,β-unsaturated/α-hetero) is 1. The van der Waals surface area contributed by atoms with Gasteiger partial charge in [-0.05, 0) is 29.5 Å². The molecule has 0 aliphatic carbocycles. The van der Waals surface area contributed by atoms with Crippen molar-refractivity contribution in [1.82, 2.24) is 0 Å². The zero-order chi connectivity index (χ0) is 14.0. The van der Waals surface area contributed by atoms with Crippen LogP contribution in [-0.2, 0) is 11.2 Å². The Morgan fingerprint density at radius 1 is 1.00 bits per heavy atom. The Morgan fingerprint density at radius 3 is 1.89 bits per heavy atom. The maximum absolute atomic E-state index is 12.0. The van der Waals surface area contributed by atoms with E-state index in [1.807, 2.05) is 0 Å². The molecule has 100 valence electrons. The Kier molecular flexibility index (Phi) is 4.31. The summed E-state index contributed by atoms with van der Waals surface area (Å²) in [5, 5.41) is 0. The second-order valence-electron chi connectivity index (χ2n) is 3.29. The lowest BCUT2D eigenvalue weighted by atomic mass is 10.1. The van der Waals surface area contributed by atoms with Crippen molar-refractivity contribution in [1.29, 1.82) is 0 Å². The number of carbonyl (C=O) groups is 1. The predicted molar refractivity (Wildman–Crippen MR) is 53.1 cm³/mol. The minimum atomic E-state index is -4.93. The van der Waals surface area contributed by atoms with Gasteiger partial charge in [0.15, 0.2) is 0 Å². The van der Waals surface area contributed by atoms with Gasteiger partial charge in [-0.25, -0.2) is 0 Å². The molecule has 0 bridgehead atoms. The number of carbonyl (C=O) groups excluding carboxylic acids is 1. The van der Waals surface area contributed by atoms with Crippen molar-refractivity contribution in [2.45, 2.75) is 23.0 Å². The van der Waals surface area contributed by atoms with E-state index in [-0.39, 0.29) is 22.2 Å². The van der Waals surface area contributed by atoms with Crippen molar-refractivity contribution in [3.8, 4) is 0 Å². The molecule has 0 aliphatic heterocycles. The second kappa shape index (κ2) is 5.21. The number of ketones is 1. The highest BCUT2D eigenvalue weighted by atomic mass is 32.2. The third-order valence-electron chi connectivity index (χ3n) is 1.84. The first kappa shape index (κ1) is 14.9. The van der Waals surface area contributed by atoms with Crippen molar-refractivity contribution >= 4 is 17.5 Å². The Bertz CT molecular complexity index is 419. The van der Waals surface area contributed by atoms with Gasteiger partial charge in [-0.2, -0.15) is 26.3 Å². The van der Waals surface area contributed by atoms with Crippen LogP contribution in [0.15, 0.2) is 29.2 Å². The maximum atomic E-state index is 12.0. The van der Waals surface area contributed by atoms with Gasteiger partial charge in [-0.3, -0.25) is 4.79 Å². The van der Waals surface area contributed by atoms with Crippen molar-refractivity contribution < 1.29 is 31.1 Å². The summed E-state index contributed by atoms with van der Waals surface area (Å²) in [4.78, 5) is 10.5. The summed E-state index contributed by atoms with van der Waals surface area (Å²) in [6, 6.07) is 4.18. The van der Waals surface area contributed by atoms with Gasteiger partial charge in [-0.15, -0.1) is 0 Å². The number of rotatable bonds is 3. The first-order valence-corrected chi connectivity index (χ1v) is 5.34. The van der Waals surface area contributed by atoms with Crippen LogP contribution < -0.4 is 0 Å². The quantitative estimate of drug-likeness (QED) is 0.618. The lowest BCUT2D eigenvalue weighted by Crippen LogP contribution is -2.24. The molecular weight excluding hydrogens is 282 g/mol. The summed E-state index contributed by atoms with van der Waals surface area (Å²) in [6.45, 7) is 0. The molecular formula is C10H6F6OS. The van der Waals surface area contributed by atoms with Gasteiger partial charge in [0.25, 0.3) is 0 Å². The molecule has 0 radical (unpaired) electrons. The van der Waals surface area contributed by atoms with Crippen LogP contribution in [0.3, 0.4) is 0 Å². The minimum Gasteiger partial charge on any atom is -0.289 e. The lowest BCUT2D eigenvalue weighted by Gasteiger charge is -2.07. The zero-order valence-corrected chi connectivity index (χ0v) is 9.42. The number of hydrogen-bond acceptors (Lipinski definition) is 2. The van der Waals surface area contributed by atoms with Crippen LogP contribution in [0.5, 0.6) is 0 Å². The van der Waals surface area contributed by atoms with E-state index >= 15 is 0 Å². The van der Waals surface area contributed by atoms with E-state index in [0.29, 0.717) is 0 Å². The first-order chi connectivity index (χ1) is 8.08. The summed E-state index contributed by atoms with van der Waals surface area (Å²) in [5.41, 5.74) is -4.44. The lowest BCUT2D eigenvalue weighted by molar-refractivity contribution is -0.170. The minimum absolute atomic E-state index is 0.0175. The molecule has 0 spiro atoms. The van der Waals surface area contributed by atoms with Crippen LogP contribution in [0.1, 0.15) is 5.56 Å². The third kappa shape index (κ3) is 4.99. The fourth-order valence-electron chi connectivity index (χ4n) is 1.09. The molecule has 18 heavy (non-hydrogen) atoms. The molecule has 1 aromatic rings. The average molecular weight is 288 g/mol. The SMILES string of the molecule is O=C(Cc1ccc(SC(F)(F)F)cc1)C(F)(F)F. The van der Waals surface area contributed by atoms with Gasteiger partial charge in [0, 0.05) is 11.3 Å². The van der Waals surface area contributed by atoms with E-state index < -0.39 is 23.9 Å². The normalized spacial score (nSPS) is 12.6. The Labute approximate surface area is 102 Å². The van der Waals surface area contributed by atoms with Crippen molar-refractivity contribution in [2.75, 3.05) is 0 Å². The molecule has 0 amide bonds. The van der Waals surface area contributed by atoms with Crippen LogP contribution in [0.4, 0.5) is 26.3 Å². The molecule has 0 saturated carbocycles. The van der Waals surface area contributed by atoms with Crippen LogP contribution in [0.25, 0.3) is 0 Å². The van der Waals surface area contributed by atoms with E-state index in [1.165, 1.54) is 0 Å². The largest absolute Gasteiger partial charge is 0.450 e. The third-order valence-corrected chi connectivity index (χ3v) is 2.58. The van der Waals surface area contributed by atoms with Gasteiger partial charge in [-0.1, -0.05) is 12.1 Å². The summed E-state index contributed by atoms with van der Waals surface area (Å²) >= 11 is -0.373. The van der Waals surface area contributed by atoms with Gasteiger partial charge < -0.3 is 0 Å². The molecule has 1 rings (SSSR count). The summed E-state index contributed by atoms with van der Waals surface area (Å²) in [6.07, 6.45) is -5.81. The van der Waals surface area contributed by atoms with E-state index in [1.54, 1.807) is 0 Å². The van der Waals surface area contributed by atoms with E-state index in [2.05, 4.69) is 0 Å². The number of thioether (sulfide) groups is 1. The topological polar surface area (TPSA) is 17.1 Å². The number of halogens is 6. The van der Waals surface area contributed by atoms with Crippen LogP contribution >= 0.6 is 11.8 Å². The molecule has 8 heteroatoms. The molecule has 0 aliphatic rings. The van der Waals surface area contributed by atoms with Crippen molar-refractivity contribution in [3.05, 3.63) is 29.8 Å². The maximum Gasteiger partial charge on any atom is 0.450 e. The summed E-state index contributed by atoms with van der Waals surface area (Å²) in [5.74, 6) is -1.93. The summed E-state index contributed by atoms with van der Waals surface area (Å²) < 4.78 is 71.7. The highest BCUT2D eigenvalue weighted by Gasteiger charge is 2.37. The van der Waals surface area contributed by atoms with Gasteiger partial charge in [0.05, 0.1) is 0 Å². The Balaban J connectivity index is 2.70. The second-order valence-corrected chi connectivity index (χ2v) is 4.43. The average Bonchev–Trinajstić information content (AvgIpc) is 2.17. The van der Waals surface area contributed by atoms with Crippen molar-refractivity contribution in [3.63, 3.8) is 0 Å². The smallest absolute Gasteiger partial charge is 0.289 e. The molecule has 0 saturated heterocycles. The number of benzene rings is 1. The molecule has 0 N–H and O–H groups in total. The molecule has 0 unspecified atom stereocenters. The fraction of sp³-hybridized carbons (Fsp3) is 0.300. The number of alkyl halides is 6. The van der Waals surface area contributed by atoms with Crippen LogP contribution in [-0.4, -0.2) is 17.5 Å². The van der Waals surface area contributed by atoms with E-state index in [0.717, 1.165) is 24.3 Å². The first-order valence-electron chi connectivity index (χ1n) is 4.52. The Hall–Kier alpha value is -1.18. The van der Waals surface area contributed by atoms with E-state index in [4.69, 9.17) is 0 Å². The predicted octanol–water partition coefficient (Wildman–Crippen LogP) is 3.97. The van der Waals surface area contributed by atoms with Gasteiger partial charge >= 0.3 is 11.7 Å². The molecule has 1 aromatic carbocycles. The Morgan fingerprint density at radius 2 is 1.50 bits per heavy atom. The molecule has 1 nitrogen and oxygen atoms in total. The molecule has 0 aromatic heterocycles. The monoisotopic (exact) mass is 288 g/mol.